The number of amides is 1. The van der Waals surface area contributed by atoms with E-state index in [0.717, 1.165) is 54.9 Å². The Morgan fingerprint density at radius 1 is 1.15 bits per heavy atom. The predicted molar refractivity (Wildman–Crippen MR) is 110 cm³/mol. The van der Waals surface area contributed by atoms with E-state index in [4.69, 9.17) is 4.98 Å². The van der Waals surface area contributed by atoms with E-state index in [1.165, 1.54) is 11.3 Å². The summed E-state index contributed by atoms with van der Waals surface area (Å²) >= 11 is 1.34. The maximum absolute atomic E-state index is 13.1. The molecular weight excluding hydrogens is 358 g/mol. The molecule has 2 aromatic heterocycles. The summed E-state index contributed by atoms with van der Waals surface area (Å²) in [6.45, 7) is 4.60. The second-order valence-corrected chi connectivity index (χ2v) is 8.23. The van der Waals surface area contributed by atoms with Gasteiger partial charge in [0.2, 0.25) is 0 Å². The van der Waals surface area contributed by atoms with E-state index in [2.05, 4.69) is 0 Å². The average molecular weight is 382 g/mol. The van der Waals surface area contributed by atoms with Gasteiger partial charge in [-0.1, -0.05) is 24.1 Å². The van der Waals surface area contributed by atoms with Gasteiger partial charge in [0.1, 0.15) is 10.7 Å². The molecule has 0 aliphatic carbocycles. The molecule has 0 unspecified atom stereocenters. The smallest absolute Gasteiger partial charge is 0.268 e. The fourth-order valence-corrected chi connectivity index (χ4v) is 4.82. The van der Waals surface area contributed by atoms with Crippen molar-refractivity contribution in [1.82, 2.24) is 9.55 Å². The first-order valence-corrected chi connectivity index (χ1v) is 10.2. The second kappa shape index (κ2) is 6.93. The molecule has 0 bridgehead atoms. The SMILES string of the molecule is Cc1ccc(N(C)C(=O)c2sc3nc4n(c(=O)c3c2C)CCCCC4)cc1. The number of aryl methyl sites for hydroxylation is 3. The number of carbonyl (C=O) groups excluding carboxylic acids is 1. The molecule has 1 aliphatic rings. The van der Waals surface area contributed by atoms with Crippen molar-refractivity contribution >= 4 is 33.1 Å². The quantitative estimate of drug-likeness (QED) is 0.672. The van der Waals surface area contributed by atoms with Gasteiger partial charge in [-0.3, -0.25) is 14.2 Å². The molecule has 27 heavy (non-hydrogen) atoms. The Hall–Kier alpha value is -2.47. The van der Waals surface area contributed by atoms with E-state index in [9.17, 15) is 9.59 Å². The third kappa shape index (κ3) is 3.08. The summed E-state index contributed by atoms with van der Waals surface area (Å²) in [6.07, 6.45) is 4.02. The molecule has 5 nitrogen and oxygen atoms in total. The Morgan fingerprint density at radius 3 is 2.63 bits per heavy atom. The van der Waals surface area contributed by atoms with Crippen molar-refractivity contribution in [2.24, 2.45) is 0 Å². The molecule has 4 rings (SSSR count). The number of hydrogen-bond donors (Lipinski definition) is 0. The van der Waals surface area contributed by atoms with E-state index in [-0.39, 0.29) is 11.5 Å². The first-order valence-electron chi connectivity index (χ1n) is 9.35. The lowest BCUT2D eigenvalue weighted by molar-refractivity contribution is 0.0996. The summed E-state index contributed by atoms with van der Waals surface area (Å²) in [5.74, 6) is 0.760. The van der Waals surface area contributed by atoms with Gasteiger partial charge in [-0.25, -0.2) is 4.98 Å². The fraction of sp³-hybridized carbons (Fsp3) is 0.381. The van der Waals surface area contributed by atoms with Crippen LogP contribution in [-0.4, -0.2) is 22.5 Å². The third-order valence-corrected chi connectivity index (χ3v) is 6.51. The highest BCUT2D eigenvalue weighted by Crippen LogP contribution is 2.30. The molecule has 0 radical (unpaired) electrons. The van der Waals surface area contributed by atoms with Gasteiger partial charge < -0.3 is 4.90 Å². The van der Waals surface area contributed by atoms with Crippen LogP contribution < -0.4 is 10.5 Å². The van der Waals surface area contributed by atoms with Crippen molar-refractivity contribution in [3.05, 3.63) is 56.4 Å². The van der Waals surface area contributed by atoms with Gasteiger partial charge in [0.05, 0.1) is 10.3 Å². The van der Waals surface area contributed by atoms with E-state index < -0.39 is 0 Å². The first-order chi connectivity index (χ1) is 13.0. The molecule has 140 valence electrons. The van der Waals surface area contributed by atoms with Gasteiger partial charge in [-0.2, -0.15) is 0 Å². The largest absolute Gasteiger partial charge is 0.311 e. The fourth-order valence-electron chi connectivity index (χ4n) is 3.65. The molecule has 0 N–H and O–H groups in total. The normalized spacial score (nSPS) is 14.0. The molecule has 3 aromatic rings. The highest BCUT2D eigenvalue weighted by molar-refractivity contribution is 7.20. The van der Waals surface area contributed by atoms with E-state index in [1.807, 2.05) is 42.7 Å². The molecule has 1 aliphatic heterocycles. The molecule has 1 aromatic carbocycles. The van der Waals surface area contributed by atoms with Crippen molar-refractivity contribution in [2.45, 2.75) is 46.1 Å². The van der Waals surface area contributed by atoms with Crippen molar-refractivity contribution < 1.29 is 4.79 Å². The lowest BCUT2D eigenvalue weighted by Crippen LogP contribution is -2.26. The van der Waals surface area contributed by atoms with Crippen molar-refractivity contribution in [3.8, 4) is 0 Å². The molecule has 0 spiro atoms. The molecule has 0 saturated carbocycles. The summed E-state index contributed by atoms with van der Waals surface area (Å²) in [5, 5.41) is 0.603. The number of fused-ring (bicyclic) bond motifs is 2. The predicted octanol–water partition coefficient (Wildman–Crippen LogP) is 4.08. The van der Waals surface area contributed by atoms with Crippen LogP contribution in [0.1, 0.15) is 45.9 Å². The molecule has 0 saturated heterocycles. The maximum atomic E-state index is 13.1. The lowest BCUT2D eigenvalue weighted by atomic mass is 10.1. The van der Waals surface area contributed by atoms with E-state index in [1.54, 1.807) is 11.9 Å². The van der Waals surface area contributed by atoms with Gasteiger partial charge in [-0.15, -0.1) is 11.3 Å². The second-order valence-electron chi connectivity index (χ2n) is 7.23. The summed E-state index contributed by atoms with van der Waals surface area (Å²) in [7, 11) is 1.77. The minimum Gasteiger partial charge on any atom is -0.311 e. The molecule has 0 atom stereocenters. The Balaban J connectivity index is 1.79. The van der Waals surface area contributed by atoms with Gasteiger partial charge >= 0.3 is 0 Å². The molecular formula is C21H23N3O2S. The molecule has 1 amide bonds. The number of rotatable bonds is 2. The summed E-state index contributed by atoms with van der Waals surface area (Å²) in [6, 6.07) is 7.85. The highest BCUT2D eigenvalue weighted by atomic mass is 32.1. The number of benzene rings is 1. The number of aromatic nitrogens is 2. The van der Waals surface area contributed by atoms with Crippen LogP contribution in [0.2, 0.25) is 0 Å². The molecule has 0 fully saturated rings. The van der Waals surface area contributed by atoms with Crippen LogP contribution in [0.4, 0.5) is 5.69 Å². The number of thiophene rings is 1. The standard InChI is InChI=1S/C21H23N3O2S/c1-13-8-10-15(11-9-13)23(3)21(26)18-14(2)17-19(27-18)22-16-7-5-4-6-12-24(16)20(17)25/h8-11H,4-7,12H2,1-3H3. The zero-order valence-corrected chi connectivity index (χ0v) is 16.7. The van der Waals surface area contributed by atoms with Crippen molar-refractivity contribution in [1.29, 1.82) is 0 Å². The maximum Gasteiger partial charge on any atom is 0.268 e. The Morgan fingerprint density at radius 2 is 1.89 bits per heavy atom. The van der Waals surface area contributed by atoms with Crippen LogP contribution in [0, 0.1) is 13.8 Å². The minimum atomic E-state index is -0.0982. The zero-order chi connectivity index (χ0) is 19.1. The van der Waals surface area contributed by atoms with Gasteiger partial charge in [0.25, 0.3) is 11.5 Å². The van der Waals surface area contributed by atoms with Crippen LogP contribution in [0.3, 0.4) is 0 Å². The van der Waals surface area contributed by atoms with Crippen LogP contribution in [0.15, 0.2) is 29.1 Å². The van der Waals surface area contributed by atoms with E-state index >= 15 is 0 Å². The lowest BCUT2D eigenvalue weighted by Gasteiger charge is -2.17. The Kier molecular flexibility index (Phi) is 4.60. The number of hydrogen-bond acceptors (Lipinski definition) is 4. The third-order valence-electron chi connectivity index (χ3n) is 5.33. The van der Waals surface area contributed by atoms with Crippen LogP contribution in [0.25, 0.3) is 10.2 Å². The molecule has 3 heterocycles. The summed E-state index contributed by atoms with van der Waals surface area (Å²) in [5.41, 5.74) is 2.73. The topological polar surface area (TPSA) is 55.2 Å². The van der Waals surface area contributed by atoms with Gasteiger partial charge in [0.15, 0.2) is 0 Å². The summed E-state index contributed by atoms with van der Waals surface area (Å²) < 4.78 is 1.81. The Labute approximate surface area is 162 Å². The monoisotopic (exact) mass is 381 g/mol. The first kappa shape index (κ1) is 17.9. The van der Waals surface area contributed by atoms with Gasteiger partial charge in [-0.05, 0) is 44.4 Å². The van der Waals surface area contributed by atoms with Gasteiger partial charge in [0, 0.05) is 25.7 Å². The van der Waals surface area contributed by atoms with E-state index in [0.29, 0.717) is 15.1 Å². The van der Waals surface area contributed by atoms with Crippen LogP contribution in [0.5, 0.6) is 0 Å². The minimum absolute atomic E-state index is 0.00249. The highest BCUT2D eigenvalue weighted by Gasteiger charge is 2.24. The van der Waals surface area contributed by atoms with Crippen LogP contribution in [-0.2, 0) is 13.0 Å². The van der Waals surface area contributed by atoms with Crippen LogP contribution >= 0.6 is 11.3 Å². The Bertz CT molecular complexity index is 1080. The summed E-state index contributed by atoms with van der Waals surface area (Å²) in [4.78, 5) is 33.8. The number of carbonyl (C=O) groups is 1. The zero-order valence-electron chi connectivity index (χ0n) is 15.9. The van der Waals surface area contributed by atoms with Crippen molar-refractivity contribution in [3.63, 3.8) is 0 Å². The van der Waals surface area contributed by atoms with Crippen molar-refractivity contribution in [2.75, 3.05) is 11.9 Å². The number of nitrogens with zero attached hydrogens (tertiary/aromatic N) is 3. The molecule has 6 heteroatoms. The number of anilines is 1. The average Bonchev–Trinajstić information content (AvgIpc) is 2.83.